The fraction of sp³-hybridized carbons (Fsp3) is 0.421. The maximum atomic E-state index is 13.2. The Morgan fingerprint density at radius 2 is 1.96 bits per heavy atom. The fourth-order valence-electron chi connectivity index (χ4n) is 3.10. The topological polar surface area (TPSA) is 54.0 Å². The van der Waals surface area contributed by atoms with E-state index >= 15 is 0 Å². The number of nitrogens with zero attached hydrogens (tertiary/aromatic N) is 4. The first-order valence-electron chi connectivity index (χ1n) is 8.53. The van der Waals surface area contributed by atoms with E-state index in [1.807, 2.05) is 6.92 Å². The summed E-state index contributed by atoms with van der Waals surface area (Å²) in [6.07, 6.45) is 3.72. The molecule has 1 aliphatic rings. The summed E-state index contributed by atoms with van der Waals surface area (Å²) >= 11 is 0. The van der Waals surface area contributed by atoms with Crippen molar-refractivity contribution in [3.8, 4) is 11.5 Å². The second kappa shape index (κ2) is 7.70. The van der Waals surface area contributed by atoms with Gasteiger partial charge in [-0.15, -0.1) is 0 Å². The number of aromatic nitrogens is 1. The number of aliphatic imine (C=N–C) groups is 2. The predicted octanol–water partition coefficient (Wildman–Crippen LogP) is 3.76. The first-order valence-corrected chi connectivity index (χ1v) is 8.53. The molecule has 0 saturated carbocycles. The van der Waals surface area contributed by atoms with Crippen molar-refractivity contribution in [1.82, 2.24) is 9.88 Å². The van der Waals surface area contributed by atoms with Crippen molar-refractivity contribution in [2.45, 2.75) is 25.7 Å². The lowest BCUT2D eigenvalue weighted by atomic mass is 9.93. The van der Waals surface area contributed by atoms with Crippen molar-refractivity contribution in [3.63, 3.8) is 0 Å². The zero-order valence-corrected chi connectivity index (χ0v) is 14.9. The maximum absolute atomic E-state index is 13.2. The van der Waals surface area contributed by atoms with Crippen LogP contribution >= 0.6 is 0 Å². The van der Waals surface area contributed by atoms with Crippen LogP contribution in [0.5, 0.6) is 0 Å². The highest BCUT2D eigenvalue weighted by atomic mass is 19.1. The summed E-state index contributed by atoms with van der Waals surface area (Å²) in [4.78, 5) is 15.6. The highest BCUT2D eigenvalue weighted by molar-refractivity contribution is 6.02. The van der Waals surface area contributed by atoms with Crippen LogP contribution < -0.4 is 0 Å². The normalized spacial score (nSPS) is 17.5. The average molecular weight is 342 g/mol. The van der Waals surface area contributed by atoms with Crippen molar-refractivity contribution in [3.05, 3.63) is 41.5 Å². The van der Waals surface area contributed by atoms with Gasteiger partial charge in [-0.05, 0) is 64.2 Å². The molecule has 6 heteroatoms. The second-order valence-electron chi connectivity index (χ2n) is 6.25. The van der Waals surface area contributed by atoms with Gasteiger partial charge in [0.15, 0.2) is 5.84 Å². The molecule has 1 fully saturated rings. The molecule has 0 aliphatic carbocycles. The van der Waals surface area contributed by atoms with Crippen LogP contribution in [0.3, 0.4) is 0 Å². The molecule has 1 aromatic heterocycles. The number of amidine groups is 1. The van der Waals surface area contributed by atoms with Crippen LogP contribution in [0.1, 0.15) is 37.1 Å². The summed E-state index contributed by atoms with van der Waals surface area (Å²) in [5.41, 5.74) is 1.44. The molecule has 5 nitrogen and oxygen atoms in total. The van der Waals surface area contributed by atoms with E-state index in [4.69, 9.17) is 4.42 Å². The molecular formula is C19H23FN4O. The van der Waals surface area contributed by atoms with Crippen LogP contribution in [0.4, 0.5) is 4.39 Å². The first kappa shape index (κ1) is 17.5. The molecule has 25 heavy (non-hydrogen) atoms. The van der Waals surface area contributed by atoms with Crippen LogP contribution in [-0.4, -0.2) is 49.1 Å². The predicted molar refractivity (Wildman–Crippen MR) is 98.0 cm³/mol. The number of halogens is 1. The molecule has 3 rings (SSSR count). The van der Waals surface area contributed by atoms with E-state index in [-0.39, 0.29) is 11.7 Å². The van der Waals surface area contributed by atoms with Gasteiger partial charge in [-0.1, -0.05) is 0 Å². The summed E-state index contributed by atoms with van der Waals surface area (Å²) in [6.45, 7) is 3.89. The highest BCUT2D eigenvalue weighted by Gasteiger charge is 2.28. The molecule has 0 atom stereocenters. The number of hydrogen-bond donors (Lipinski definition) is 0. The van der Waals surface area contributed by atoms with Crippen LogP contribution in [0.15, 0.2) is 38.7 Å². The smallest absolute Gasteiger partial charge is 0.227 e. The molecule has 2 aromatic rings. The van der Waals surface area contributed by atoms with Crippen LogP contribution in [0.25, 0.3) is 11.5 Å². The van der Waals surface area contributed by atoms with Gasteiger partial charge in [-0.25, -0.2) is 14.4 Å². The molecule has 1 aliphatic heterocycles. The molecule has 132 valence electrons. The van der Waals surface area contributed by atoms with Gasteiger partial charge in [-0.2, -0.15) is 0 Å². The van der Waals surface area contributed by atoms with Crippen molar-refractivity contribution < 1.29 is 8.81 Å². The summed E-state index contributed by atoms with van der Waals surface area (Å²) in [5.74, 6) is 1.89. The maximum Gasteiger partial charge on any atom is 0.227 e. The number of rotatable bonds is 3. The minimum absolute atomic E-state index is 0.280. The summed E-state index contributed by atoms with van der Waals surface area (Å²) in [6, 6.07) is 6.17. The van der Waals surface area contributed by atoms with E-state index in [0.717, 1.165) is 37.3 Å². The zero-order chi connectivity index (χ0) is 17.8. The van der Waals surface area contributed by atoms with Gasteiger partial charge >= 0.3 is 0 Å². The quantitative estimate of drug-likeness (QED) is 0.630. The molecule has 1 aromatic carbocycles. The monoisotopic (exact) mass is 342 g/mol. The second-order valence-corrected chi connectivity index (χ2v) is 6.25. The summed E-state index contributed by atoms with van der Waals surface area (Å²) in [5, 5.41) is 0. The SMILES string of the molecule is CC=NC(=NC)c1nc(-c2ccc(F)cc2)oc1C1CCN(C)CC1. The Morgan fingerprint density at radius 1 is 1.28 bits per heavy atom. The third-order valence-corrected chi connectivity index (χ3v) is 4.51. The minimum atomic E-state index is -0.280. The first-order chi connectivity index (χ1) is 12.1. The molecule has 0 radical (unpaired) electrons. The van der Waals surface area contributed by atoms with E-state index in [2.05, 4.69) is 26.9 Å². The minimum Gasteiger partial charge on any atom is -0.440 e. The highest BCUT2D eigenvalue weighted by Crippen LogP contribution is 2.34. The lowest BCUT2D eigenvalue weighted by molar-refractivity contribution is 0.241. The van der Waals surface area contributed by atoms with Crippen LogP contribution in [-0.2, 0) is 0 Å². The zero-order valence-electron chi connectivity index (χ0n) is 14.9. The van der Waals surface area contributed by atoms with Crippen molar-refractivity contribution in [2.75, 3.05) is 27.2 Å². The Hall–Kier alpha value is -2.34. The van der Waals surface area contributed by atoms with Crippen molar-refractivity contribution >= 4 is 12.1 Å². The molecule has 0 amide bonds. The Kier molecular flexibility index (Phi) is 5.38. The molecule has 0 spiro atoms. The lowest BCUT2D eigenvalue weighted by Crippen LogP contribution is -2.29. The standard InChI is InChI=1S/C19H23FN4O/c1-4-22-18(21-2)16-17(13-9-11-24(3)12-10-13)25-19(23-16)14-5-7-15(20)8-6-14/h4-8,13H,9-12H2,1-3H3. The van der Waals surface area contributed by atoms with Crippen molar-refractivity contribution in [2.24, 2.45) is 9.98 Å². The van der Waals surface area contributed by atoms with Crippen molar-refractivity contribution in [1.29, 1.82) is 0 Å². The summed E-state index contributed by atoms with van der Waals surface area (Å²) < 4.78 is 19.3. The number of oxazole rings is 1. The number of benzene rings is 1. The average Bonchev–Trinajstić information content (AvgIpc) is 3.06. The number of piperidine rings is 1. The van der Waals surface area contributed by atoms with Gasteiger partial charge in [0.1, 0.15) is 17.3 Å². The van der Waals surface area contributed by atoms with Gasteiger partial charge < -0.3 is 9.32 Å². The Balaban J connectivity index is 2.03. The van der Waals surface area contributed by atoms with E-state index in [9.17, 15) is 4.39 Å². The van der Waals surface area contributed by atoms with Gasteiger partial charge in [0.25, 0.3) is 0 Å². The largest absolute Gasteiger partial charge is 0.440 e. The molecule has 0 N–H and O–H groups in total. The van der Waals surface area contributed by atoms with Gasteiger partial charge in [0, 0.05) is 24.7 Å². The molecule has 2 heterocycles. The molecule has 0 bridgehead atoms. The third kappa shape index (κ3) is 3.85. The molecular weight excluding hydrogens is 319 g/mol. The molecule has 0 unspecified atom stereocenters. The molecule has 1 saturated heterocycles. The van der Waals surface area contributed by atoms with E-state index in [1.54, 1.807) is 25.4 Å². The third-order valence-electron chi connectivity index (χ3n) is 4.51. The van der Waals surface area contributed by atoms with Gasteiger partial charge in [0.2, 0.25) is 5.89 Å². The fourth-order valence-corrected chi connectivity index (χ4v) is 3.10. The van der Waals surface area contributed by atoms with E-state index in [0.29, 0.717) is 17.4 Å². The number of likely N-dealkylation sites (tertiary alicyclic amines) is 1. The van der Waals surface area contributed by atoms with E-state index < -0.39 is 0 Å². The number of hydrogen-bond acceptors (Lipinski definition) is 4. The Bertz CT molecular complexity index is 771. The van der Waals surface area contributed by atoms with E-state index in [1.165, 1.54) is 12.1 Å². The van der Waals surface area contributed by atoms with Gasteiger partial charge in [0.05, 0.1) is 0 Å². The van der Waals surface area contributed by atoms with Gasteiger partial charge in [-0.3, -0.25) is 4.99 Å². The van der Waals surface area contributed by atoms with Crippen LogP contribution in [0, 0.1) is 5.82 Å². The van der Waals surface area contributed by atoms with Crippen LogP contribution in [0.2, 0.25) is 0 Å². The lowest BCUT2D eigenvalue weighted by Gasteiger charge is -2.27. The Morgan fingerprint density at radius 3 is 2.56 bits per heavy atom. The Labute approximate surface area is 147 Å². The summed E-state index contributed by atoms with van der Waals surface area (Å²) in [7, 11) is 3.83.